The highest BCUT2D eigenvalue weighted by molar-refractivity contribution is 5.96. The third-order valence-corrected chi connectivity index (χ3v) is 9.31. The van der Waals surface area contributed by atoms with Crippen molar-refractivity contribution in [3.05, 3.63) is 0 Å². The van der Waals surface area contributed by atoms with Gasteiger partial charge in [0.15, 0.2) is 0 Å². The monoisotopic (exact) mass is 639 g/mol. The van der Waals surface area contributed by atoms with Crippen molar-refractivity contribution in [3.63, 3.8) is 0 Å². The van der Waals surface area contributed by atoms with E-state index in [1.54, 1.807) is 0 Å². The standard InChI is InChI=1S/C39H78N2O4/c1-3-5-7-9-11-13-15-17-19-21-23-25-27-29-31-40(38(44)37-39(45)41(33-35-42)34-36-43)32-30-28-26-24-22-20-18-16-14-12-10-8-6-4-2/h42-43H,3-37H2,1-2H3. The molecule has 0 aromatic carbocycles. The Kier molecular flexibility index (Phi) is 34.8. The maximum Gasteiger partial charge on any atom is 0.232 e. The number of nitrogens with zero attached hydrogens (tertiary/aromatic N) is 2. The van der Waals surface area contributed by atoms with E-state index < -0.39 is 0 Å². The van der Waals surface area contributed by atoms with E-state index in [1.807, 2.05) is 4.90 Å². The lowest BCUT2D eigenvalue weighted by Crippen LogP contribution is -2.41. The fourth-order valence-electron chi connectivity index (χ4n) is 6.31. The van der Waals surface area contributed by atoms with Crippen molar-refractivity contribution < 1.29 is 19.8 Å². The predicted molar refractivity (Wildman–Crippen MR) is 193 cm³/mol. The van der Waals surface area contributed by atoms with Gasteiger partial charge in [0.25, 0.3) is 0 Å². The summed E-state index contributed by atoms with van der Waals surface area (Å²) < 4.78 is 0. The van der Waals surface area contributed by atoms with Crippen LogP contribution in [0.25, 0.3) is 0 Å². The van der Waals surface area contributed by atoms with Crippen LogP contribution in [0.3, 0.4) is 0 Å². The van der Waals surface area contributed by atoms with Crippen LogP contribution in [-0.4, -0.2) is 71.2 Å². The number of aliphatic hydroxyl groups is 2. The van der Waals surface area contributed by atoms with Crippen LogP contribution in [0.2, 0.25) is 0 Å². The summed E-state index contributed by atoms with van der Waals surface area (Å²) in [5, 5.41) is 18.5. The molecule has 2 amide bonds. The van der Waals surface area contributed by atoms with E-state index in [0.29, 0.717) is 0 Å². The predicted octanol–water partition coefficient (Wildman–Crippen LogP) is 9.98. The van der Waals surface area contributed by atoms with E-state index >= 15 is 0 Å². The SMILES string of the molecule is CCCCCCCCCCCCCCCCN(CCCCCCCCCCCCCCCC)C(=O)CC(=O)N(CCO)CCO. The quantitative estimate of drug-likeness (QED) is 0.0529. The topological polar surface area (TPSA) is 81.1 Å². The molecule has 0 aliphatic carbocycles. The summed E-state index contributed by atoms with van der Waals surface area (Å²) in [6.45, 7) is 5.98. The van der Waals surface area contributed by atoms with Gasteiger partial charge < -0.3 is 20.0 Å². The summed E-state index contributed by atoms with van der Waals surface area (Å²) in [4.78, 5) is 29.2. The minimum Gasteiger partial charge on any atom is -0.395 e. The Labute approximate surface area is 280 Å². The molecule has 0 unspecified atom stereocenters. The Morgan fingerprint density at radius 3 is 0.822 bits per heavy atom. The van der Waals surface area contributed by atoms with Crippen molar-refractivity contribution in [3.8, 4) is 0 Å². The van der Waals surface area contributed by atoms with Gasteiger partial charge in [-0.1, -0.05) is 181 Å². The molecule has 45 heavy (non-hydrogen) atoms. The van der Waals surface area contributed by atoms with E-state index in [1.165, 1.54) is 159 Å². The first-order valence-corrected chi connectivity index (χ1v) is 19.9. The molecular formula is C39H78N2O4. The fraction of sp³-hybridized carbons (Fsp3) is 0.949. The zero-order valence-corrected chi connectivity index (χ0v) is 30.4. The number of rotatable bonds is 36. The van der Waals surface area contributed by atoms with Gasteiger partial charge in [-0.2, -0.15) is 0 Å². The second-order valence-electron chi connectivity index (χ2n) is 13.6. The normalized spacial score (nSPS) is 11.3. The highest BCUT2D eigenvalue weighted by Gasteiger charge is 2.21. The molecule has 0 fully saturated rings. The molecule has 0 aromatic rings. The molecular weight excluding hydrogens is 560 g/mol. The van der Waals surface area contributed by atoms with E-state index in [4.69, 9.17) is 0 Å². The zero-order valence-electron chi connectivity index (χ0n) is 30.4. The van der Waals surface area contributed by atoms with Gasteiger partial charge in [-0.05, 0) is 12.8 Å². The van der Waals surface area contributed by atoms with Crippen molar-refractivity contribution in [1.29, 1.82) is 0 Å². The molecule has 0 aliphatic rings. The molecule has 0 saturated carbocycles. The minimum absolute atomic E-state index is 0.106. The summed E-state index contributed by atoms with van der Waals surface area (Å²) in [5.74, 6) is -0.403. The van der Waals surface area contributed by atoms with Crippen LogP contribution in [0.5, 0.6) is 0 Å². The highest BCUT2D eigenvalue weighted by atomic mass is 16.3. The first-order chi connectivity index (χ1) is 22.1. The van der Waals surface area contributed by atoms with E-state index in [9.17, 15) is 19.8 Å². The van der Waals surface area contributed by atoms with E-state index in [-0.39, 0.29) is 44.5 Å². The largest absolute Gasteiger partial charge is 0.395 e. The molecule has 6 heteroatoms. The minimum atomic E-state index is -0.296. The fourth-order valence-corrected chi connectivity index (χ4v) is 6.31. The molecule has 0 bridgehead atoms. The lowest BCUT2D eigenvalue weighted by Gasteiger charge is -2.25. The Morgan fingerprint density at radius 2 is 0.578 bits per heavy atom. The van der Waals surface area contributed by atoms with Gasteiger partial charge in [-0.25, -0.2) is 0 Å². The summed E-state index contributed by atoms with van der Waals surface area (Å²) in [6, 6.07) is 0. The van der Waals surface area contributed by atoms with Gasteiger partial charge in [0.05, 0.1) is 13.2 Å². The summed E-state index contributed by atoms with van der Waals surface area (Å²) in [6.07, 6.45) is 36.5. The van der Waals surface area contributed by atoms with Gasteiger partial charge in [-0.15, -0.1) is 0 Å². The Balaban J connectivity index is 4.24. The number of aliphatic hydroxyl groups excluding tert-OH is 2. The Morgan fingerprint density at radius 1 is 0.356 bits per heavy atom. The zero-order chi connectivity index (χ0) is 33.1. The van der Waals surface area contributed by atoms with E-state index in [0.717, 1.165) is 38.8 Å². The van der Waals surface area contributed by atoms with Crippen LogP contribution in [-0.2, 0) is 9.59 Å². The smallest absolute Gasteiger partial charge is 0.232 e. The second kappa shape index (κ2) is 35.7. The van der Waals surface area contributed by atoms with Crippen molar-refractivity contribution in [2.45, 2.75) is 200 Å². The summed E-state index contributed by atoms with van der Waals surface area (Å²) in [7, 11) is 0. The molecule has 0 saturated heterocycles. The van der Waals surface area contributed by atoms with Crippen LogP contribution in [0.1, 0.15) is 200 Å². The first-order valence-electron chi connectivity index (χ1n) is 19.9. The Bertz CT molecular complexity index is 592. The molecule has 0 aliphatic heterocycles. The van der Waals surface area contributed by atoms with Gasteiger partial charge >= 0.3 is 0 Å². The number of hydrogen-bond donors (Lipinski definition) is 2. The molecule has 268 valence electrons. The number of carbonyl (C=O) groups excluding carboxylic acids is 2. The van der Waals surface area contributed by atoms with Crippen molar-refractivity contribution in [2.24, 2.45) is 0 Å². The van der Waals surface area contributed by atoms with Crippen molar-refractivity contribution in [1.82, 2.24) is 9.80 Å². The number of hydrogen-bond acceptors (Lipinski definition) is 4. The number of amides is 2. The van der Waals surface area contributed by atoms with Gasteiger partial charge in [0.1, 0.15) is 6.42 Å². The lowest BCUT2D eigenvalue weighted by molar-refractivity contribution is -0.141. The molecule has 2 N–H and O–H groups in total. The van der Waals surface area contributed by atoms with Crippen LogP contribution < -0.4 is 0 Å². The average Bonchev–Trinajstić information content (AvgIpc) is 3.03. The average molecular weight is 639 g/mol. The molecule has 0 atom stereocenters. The molecule has 0 rings (SSSR count). The van der Waals surface area contributed by atoms with Crippen molar-refractivity contribution >= 4 is 11.8 Å². The third kappa shape index (κ3) is 30.0. The Hall–Kier alpha value is -1.14. The third-order valence-electron chi connectivity index (χ3n) is 9.31. The maximum absolute atomic E-state index is 13.1. The second-order valence-corrected chi connectivity index (χ2v) is 13.6. The number of unbranched alkanes of at least 4 members (excludes halogenated alkanes) is 26. The van der Waals surface area contributed by atoms with Crippen LogP contribution in [0.4, 0.5) is 0 Å². The van der Waals surface area contributed by atoms with E-state index in [2.05, 4.69) is 13.8 Å². The lowest BCUT2D eigenvalue weighted by atomic mass is 10.0. The maximum atomic E-state index is 13.1. The van der Waals surface area contributed by atoms with Crippen LogP contribution in [0.15, 0.2) is 0 Å². The van der Waals surface area contributed by atoms with Crippen LogP contribution >= 0.6 is 0 Å². The van der Waals surface area contributed by atoms with Gasteiger partial charge in [-0.3, -0.25) is 9.59 Å². The molecule has 0 heterocycles. The van der Waals surface area contributed by atoms with Crippen molar-refractivity contribution in [2.75, 3.05) is 39.4 Å². The summed E-state index contributed by atoms with van der Waals surface area (Å²) >= 11 is 0. The molecule has 0 radical (unpaired) electrons. The van der Waals surface area contributed by atoms with Gasteiger partial charge in [0.2, 0.25) is 11.8 Å². The molecule has 0 spiro atoms. The number of carbonyl (C=O) groups is 2. The molecule has 0 aromatic heterocycles. The summed E-state index contributed by atoms with van der Waals surface area (Å²) in [5.41, 5.74) is 0. The highest BCUT2D eigenvalue weighted by Crippen LogP contribution is 2.15. The first kappa shape index (κ1) is 43.9. The molecule has 6 nitrogen and oxygen atoms in total. The van der Waals surface area contributed by atoms with Crippen LogP contribution in [0, 0.1) is 0 Å². The van der Waals surface area contributed by atoms with Gasteiger partial charge in [0, 0.05) is 26.2 Å².